The summed E-state index contributed by atoms with van der Waals surface area (Å²) in [6, 6.07) is -0.178. The minimum atomic E-state index is -4.66. The number of benzene rings is 1. The van der Waals surface area contributed by atoms with E-state index in [2.05, 4.69) is 5.32 Å². The molecule has 1 nitrogen and oxygen atoms in total. The number of alkyl halides is 3. The van der Waals surface area contributed by atoms with E-state index >= 15 is 0 Å². The Kier molecular flexibility index (Phi) is 3.85. The van der Waals surface area contributed by atoms with E-state index in [1.165, 1.54) is 6.92 Å². The Morgan fingerprint density at radius 1 is 1.25 bits per heavy atom. The average molecular weight is 239 g/mol. The molecule has 0 bridgehead atoms. The van der Waals surface area contributed by atoms with Gasteiger partial charge in [-0.1, -0.05) is 6.92 Å². The van der Waals surface area contributed by atoms with Crippen molar-refractivity contribution < 1.29 is 22.0 Å². The first kappa shape index (κ1) is 12.9. The lowest BCUT2D eigenvalue weighted by Crippen LogP contribution is -2.34. The van der Waals surface area contributed by atoms with Gasteiger partial charge < -0.3 is 5.32 Å². The summed E-state index contributed by atoms with van der Waals surface area (Å²) < 4.78 is 63.6. The number of nitrogens with one attached hydrogen (secondary N) is 1. The molecule has 0 radical (unpaired) electrons. The van der Waals surface area contributed by atoms with Gasteiger partial charge in [0.25, 0.3) is 0 Å². The molecule has 16 heavy (non-hydrogen) atoms. The molecule has 0 fully saturated rings. The van der Waals surface area contributed by atoms with Crippen LogP contribution in [-0.2, 0) is 0 Å². The maximum atomic E-state index is 13.2. The molecule has 6 heteroatoms. The highest BCUT2D eigenvalue weighted by atomic mass is 19.4. The second-order valence-electron chi connectivity index (χ2n) is 3.20. The molecule has 0 aliphatic heterocycles. The Bertz CT molecular complexity index is 361. The fraction of sp³-hybridized carbons (Fsp3) is 0.400. The van der Waals surface area contributed by atoms with Crippen LogP contribution in [0, 0.1) is 11.6 Å². The highest BCUT2D eigenvalue weighted by molar-refractivity contribution is 5.23. The smallest absolute Gasteiger partial charge is 0.303 e. The lowest BCUT2D eigenvalue weighted by atomic mass is 10.1. The van der Waals surface area contributed by atoms with Crippen LogP contribution in [0.3, 0.4) is 0 Å². The van der Waals surface area contributed by atoms with Crippen LogP contribution in [0.15, 0.2) is 18.2 Å². The maximum Gasteiger partial charge on any atom is 0.408 e. The van der Waals surface area contributed by atoms with Crippen molar-refractivity contribution in [2.75, 3.05) is 6.54 Å². The van der Waals surface area contributed by atoms with Gasteiger partial charge in [0, 0.05) is 5.56 Å². The van der Waals surface area contributed by atoms with Crippen molar-refractivity contribution in [3.63, 3.8) is 0 Å². The topological polar surface area (TPSA) is 12.0 Å². The predicted octanol–water partition coefficient (Wildman–Crippen LogP) is 3.18. The fourth-order valence-electron chi connectivity index (χ4n) is 1.34. The summed E-state index contributed by atoms with van der Waals surface area (Å²) in [7, 11) is 0. The highest BCUT2D eigenvalue weighted by Gasteiger charge is 2.41. The van der Waals surface area contributed by atoms with E-state index in [1.54, 1.807) is 0 Å². The number of rotatable bonds is 3. The first-order chi connectivity index (χ1) is 7.36. The van der Waals surface area contributed by atoms with Crippen LogP contribution in [0.5, 0.6) is 0 Å². The van der Waals surface area contributed by atoms with Crippen LogP contribution in [0.25, 0.3) is 0 Å². The lowest BCUT2D eigenvalue weighted by Gasteiger charge is -2.21. The van der Waals surface area contributed by atoms with Gasteiger partial charge in [0.2, 0.25) is 0 Å². The molecule has 1 unspecified atom stereocenters. The molecule has 1 aromatic rings. The van der Waals surface area contributed by atoms with E-state index in [4.69, 9.17) is 0 Å². The lowest BCUT2D eigenvalue weighted by molar-refractivity contribution is -0.158. The van der Waals surface area contributed by atoms with Gasteiger partial charge >= 0.3 is 6.18 Å². The van der Waals surface area contributed by atoms with E-state index in [-0.39, 0.29) is 6.54 Å². The van der Waals surface area contributed by atoms with Gasteiger partial charge in [0.15, 0.2) is 0 Å². The number of hydrogen-bond donors (Lipinski definition) is 1. The molecule has 1 atom stereocenters. The Hall–Kier alpha value is -1.17. The Balaban J connectivity index is 3.15. The second-order valence-corrected chi connectivity index (χ2v) is 3.20. The van der Waals surface area contributed by atoms with E-state index in [0.29, 0.717) is 12.1 Å². The summed E-state index contributed by atoms with van der Waals surface area (Å²) in [5.74, 6) is -1.98. The molecule has 0 saturated carbocycles. The zero-order chi connectivity index (χ0) is 12.3. The third-order valence-corrected chi connectivity index (χ3v) is 2.00. The summed E-state index contributed by atoms with van der Waals surface area (Å²) >= 11 is 0. The minimum absolute atomic E-state index is 0.000129. The Morgan fingerprint density at radius 2 is 1.88 bits per heavy atom. The fourth-order valence-corrected chi connectivity index (χ4v) is 1.34. The molecule has 0 saturated heterocycles. The van der Waals surface area contributed by atoms with Crippen LogP contribution in [0.4, 0.5) is 22.0 Å². The van der Waals surface area contributed by atoms with Gasteiger partial charge in [-0.15, -0.1) is 0 Å². The number of hydrogen-bond acceptors (Lipinski definition) is 1. The molecule has 0 amide bonds. The SMILES string of the molecule is CCNC(c1cc(F)ccc1F)C(F)(F)F. The van der Waals surface area contributed by atoms with Crippen molar-refractivity contribution in [3.05, 3.63) is 35.4 Å². The molecule has 0 heterocycles. The second kappa shape index (κ2) is 4.78. The van der Waals surface area contributed by atoms with Gasteiger partial charge in [-0.25, -0.2) is 8.78 Å². The normalized spacial score (nSPS) is 13.9. The Labute approximate surface area is 89.3 Å². The van der Waals surface area contributed by atoms with E-state index in [0.717, 1.165) is 6.07 Å². The summed E-state index contributed by atoms with van der Waals surface area (Å²) in [5.41, 5.74) is -0.727. The maximum absolute atomic E-state index is 13.2. The van der Waals surface area contributed by atoms with Gasteiger partial charge in [0.05, 0.1) is 0 Å². The van der Waals surface area contributed by atoms with Crippen LogP contribution < -0.4 is 5.32 Å². The predicted molar refractivity (Wildman–Crippen MR) is 48.8 cm³/mol. The van der Waals surface area contributed by atoms with Crippen LogP contribution in [0.2, 0.25) is 0 Å². The molecule has 1 rings (SSSR count). The quantitative estimate of drug-likeness (QED) is 0.799. The third-order valence-electron chi connectivity index (χ3n) is 2.00. The standard InChI is InChI=1S/C10H10F5N/c1-2-16-9(10(13,14)15)7-5-6(11)3-4-8(7)12/h3-5,9,16H,2H2,1H3. The van der Waals surface area contributed by atoms with E-state index < -0.39 is 29.4 Å². The van der Waals surface area contributed by atoms with Gasteiger partial charge in [0.1, 0.15) is 17.7 Å². The molecular formula is C10H10F5N. The van der Waals surface area contributed by atoms with Crippen molar-refractivity contribution >= 4 is 0 Å². The molecule has 1 N–H and O–H groups in total. The van der Waals surface area contributed by atoms with Crippen LogP contribution in [0.1, 0.15) is 18.5 Å². The zero-order valence-electron chi connectivity index (χ0n) is 8.41. The first-order valence-electron chi connectivity index (χ1n) is 4.61. The highest BCUT2D eigenvalue weighted by Crippen LogP contribution is 2.34. The molecule has 0 aliphatic rings. The van der Waals surface area contributed by atoms with Crippen LogP contribution >= 0.6 is 0 Å². The van der Waals surface area contributed by atoms with Crippen molar-refractivity contribution in [2.24, 2.45) is 0 Å². The monoisotopic (exact) mass is 239 g/mol. The van der Waals surface area contributed by atoms with E-state index in [9.17, 15) is 22.0 Å². The molecular weight excluding hydrogens is 229 g/mol. The van der Waals surface area contributed by atoms with Crippen LogP contribution in [-0.4, -0.2) is 12.7 Å². The van der Waals surface area contributed by atoms with Crippen molar-refractivity contribution in [1.82, 2.24) is 5.32 Å². The summed E-state index contributed by atoms with van der Waals surface area (Å²) in [4.78, 5) is 0. The van der Waals surface area contributed by atoms with Gasteiger partial charge in [-0.2, -0.15) is 13.2 Å². The molecule has 90 valence electrons. The Morgan fingerprint density at radius 3 is 2.38 bits per heavy atom. The van der Waals surface area contributed by atoms with E-state index in [1.807, 2.05) is 0 Å². The molecule has 0 aliphatic carbocycles. The molecule has 0 aromatic heterocycles. The third kappa shape index (κ3) is 2.91. The van der Waals surface area contributed by atoms with Gasteiger partial charge in [-0.05, 0) is 24.7 Å². The molecule has 1 aromatic carbocycles. The zero-order valence-corrected chi connectivity index (χ0v) is 8.41. The number of halogens is 5. The summed E-state index contributed by atoms with van der Waals surface area (Å²) in [6.45, 7) is 1.45. The van der Waals surface area contributed by atoms with Crippen molar-refractivity contribution in [1.29, 1.82) is 0 Å². The van der Waals surface area contributed by atoms with Crippen molar-refractivity contribution in [3.8, 4) is 0 Å². The summed E-state index contributed by atoms with van der Waals surface area (Å²) in [5, 5.41) is 2.08. The largest absolute Gasteiger partial charge is 0.408 e. The summed E-state index contributed by atoms with van der Waals surface area (Å²) in [6.07, 6.45) is -4.66. The van der Waals surface area contributed by atoms with Crippen molar-refractivity contribution in [2.45, 2.75) is 19.1 Å². The van der Waals surface area contributed by atoms with Gasteiger partial charge in [-0.3, -0.25) is 0 Å². The first-order valence-corrected chi connectivity index (χ1v) is 4.61. The average Bonchev–Trinajstić information content (AvgIpc) is 2.17. The minimum Gasteiger partial charge on any atom is -0.303 e. The molecule has 0 spiro atoms.